The fourth-order valence-electron chi connectivity index (χ4n) is 3.38. The summed E-state index contributed by atoms with van der Waals surface area (Å²) >= 11 is 1.37. The number of fused-ring (bicyclic) bond motifs is 2. The number of hydrogen-bond donors (Lipinski definition) is 3. The van der Waals surface area contributed by atoms with Gasteiger partial charge in [0.15, 0.2) is 16.6 Å². The largest absolute Gasteiger partial charge is 0.454 e. The van der Waals surface area contributed by atoms with Crippen molar-refractivity contribution in [3.63, 3.8) is 0 Å². The second-order valence-electron chi connectivity index (χ2n) is 6.94. The van der Waals surface area contributed by atoms with E-state index < -0.39 is 0 Å². The monoisotopic (exact) mass is 432 g/mol. The molecule has 0 fully saturated rings. The highest BCUT2D eigenvalue weighted by atomic mass is 32.1. The predicted molar refractivity (Wildman–Crippen MR) is 123 cm³/mol. The molecule has 0 saturated carbocycles. The number of ether oxygens (including phenoxy) is 2. The van der Waals surface area contributed by atoms with Gasteiger partial charge in [0.05, 0.1) is 0 Å². The summed E-state index contributed by atoms with van der Waals surface area (Å²) in [6, 6.07) is 19.9. The number of hydrogen-bond acceptors (Lipinski definition) is 7. The van der Waals surface area contributed by atoms with Crippen molar-refractivity contribution >= 4 is 44.5 Å². The maximum Gasteiger partial charge on any atom is 0.270 e. The van der Waals surface area contributed by atoms with E-state index >= 15 is 0 Å². The van der Waals surface area contributed by atoms with E-state index in [4.69, 9.17) is 9.47 Å². The fraction of sp³-hybridized carbons (Fsp3) is 0.130. The summed E-state index contributed by atoms with van der Waals surface area (Å²) in [6.45, 7) is 1.34. The Hall–Kier alpha value is -3.78. The number of nitrogens with one attached hydrogen (secondary N) is 3. The van der Waals surface area contributed by atoms with Gasteiger partial charge >= 0.3 is 0 Å². The Morgan fingerprint density at radius 1 is 1.00 bits per heavy atom. The number of rotatable bonds is 7. The summed E-state index contributed by atoms with van der Waals surface area (Å²) in [7, 11) is 0. The lowest BCUT2D eigenvalue weighted by Crippen LogP contribution is -2.29. The van der Waals surface area contributed by atoms with Crippen LogP contribution in [0.3, 0.4) is 0 Å². The van der Waals surface area contributed by atoms with E-state index in [-0.39, 0.29) is 12.7 Å². The van der Waals surface area contributed by atoms with Gasteiger partial charge in [0, 0.05) is 41.3 Å². The van der Waals surface area contributed by atoms with Gasteiger partial charge in [-0.1, -0.05) is 36.4 Å². The minimum atomic E-state index is -0.199. The van der Waals surface area contributed by atoms with Crippen LogP contribution in [0.25, 0.3) is 10.8 Å². The van der Waals surface area contributed by atoms with Gasteiger partial charge in [-0.25, -0.2) is 4.98 Å². The highest BCUT2D eigenvalue weighted by Gasteiger charge is 2.15. The van der Waals surface area contributed by atoms with Gasteiger partial charge in [0.1, 0.15) is 5.69 Å². The van der Waals surface area contributed by atoms with Crippen molar-refractivity contribution in [2.75, 3.05) is 30.5 Å². The molecule has 0 aliphatic carbocycles. The number of benzene rings is 3. The Morgan fingerprint density at radius 2 is 1.87 bits per heavy atom. The van der Waals surface area contributed by atoms with E-state index in [1.807, 2.05) is 42.5 Å². The summed E-state index contributed by atoms with van der Waals surface area (Å²) in [5.74, 6) is 1.22. The van der Waals surface area contributed by atoms with Crippen LogP contribution in [0.1, 0.15) is 10.5 Å². The third kappa shape index (κ3) is 4.24. The average Bonchev–Trinajstić information content (AvgIpc) is 3.46. The van der Waals surface area contributed by atoms with Gasteiger partial charge in [-0.2, -0.15) is 0 Å². The van der Waals surface area contributed by atoms with Gasteiger partial charge in [-0.3, -0.25) is 4.79 Å². The number of anilines is 3. The normalized spacial score (nSPS) is 12.0. The standard InChI is InChI=1S/C23H20N4O3S/c28-22(25-11-10-24-18-7-3-5-15-4-1-2-6-17(15)18)19-13-31-23(27-19)26-16-8-9-20-21(12-16)30-14-29-20/h1-9,12-13,24H,10-11,14H2,(H,25,28)(H,26,27). The second-order valence-corrected chi connectivity index (χ2v) is 7.80. The van der Waals surface area contributed by atoms with Gasteiger partial charge in [-0.15, -0.1) is 11.3 Å². The number of carbonyl (C=O) groups excluding carboxylic acids is 1. The van der Waals surface area contributed by atoms with Crippen LogP contribution in [-0.2, 0) is 0 Å². The maximum atomic E-state index is 12.4. The van der Waals surface area contributed by atoms with Crippen LogP contribution in [0.2, 0.25) is 0 Å². The number of thiazole rings is 1. The van der Waals surface area contributed by atoms with Crippen LogP contribution in [0, 0.1) is 0 Å². The summed E-state index contributed by atoms with van der Waals surface area (Å²) in [5.41, 5.74) is 2.26. The Balaban J connectivity index is 1.14. The third-order valence-electron chi connectivity index (χ3n) is 4.88. The first-order valence-corrected chi connectivity index (χ1v) is 10.8. The van der Waals surface area contributed by atoms with Gasteiger partial charge in [0.25, 0.3) is 5.91 Å². The molecule has 3 aromatic carbocycles. The van der Waals surface area contributed by atoms with E-state index in [9.17, 15) is 4.79 Å². The summed E-state index contributed by atoms with van der Waals surface area (Å²) in [5, 5.41) is 14.2. The van der Waals surface area contributed by atoms with Crippen LogP contribution in [0.4, 0.5) is 16.5 Å². The maximum absolute atomic E-state index is 12.4. The van der Waals surface area contributed by atoms with Crippen molar-refractivity contribution in [1.82, 2.24) is 10.3 Å². The molecule has 1 aliphatic rings. The molecular formula is C23H20N4O3S. The molecule has 2 heterocycles. The second kappa shape index (κ2) is 8.53. The lowest BCUT2D eigenvalue weighted by atomic mass is 10.1. The molecule has 31 heavy (non-hydrogen) atoms. The molecule has 4 aromatic rings. The summed E-state index contributed by atoms with van der Waals surface area (Å²) < 4.78 is 10.7. The minimum Gasteiger partial charge on any atom is -0.454 e. The van der Waals surface area contributed by atoms with E-state index in [0.29, 0.717) is 29.7 Å². The van der Waals surface area contributed by atoms with Crippen molar-refractivity contribution in [1.29, 1.82) is 0 Å². The van der Waals surface area contributed by atoms with Crippen molar-refractivity contribution in [2.45, 2.75) is 0 Å². The molecule has 0 radical (unpaired) electrons. The van der Waals surface area contributed by atoms with E-state index in [1.165, 1.54) is 16.7 Å². The fourth-order valence-corrected chi connectivity index (χ4v) is 4.09. The zero-order valence-electron chi connectivity index (χ0n) is 16.6. The molecule has 0 bridgehead atoms. The Morgan fingerprint density at radius 3 is 2.84 bits per heavy atom. The van der Waals surface area contributed by atoms with Crippen molar-refractivity contribution < 1.29 is 14.3 Å². The highest BCUT2D eigenvalue weighted by molar-refractivity contribution is 7.14. The molecule has 8 heteroatoms. The Labute approximate surface area is 183 Å². The smallest absolute Gasteiger partial charge is 0.270 e. The van der Waals surface area contributed by atoms with Crippen molar-refractivity contribution in [3.8, 4) is 11.5 Å². The Bertz CT molecular complexity index is 1240. The molecule has 7 nitrogen and oxygen atoms in total. The molecular weight excluding hydrogens is 412 g/mol. The van der Waals surface area contributed by atoms with E-state index in [0.717, 1.165) is 22.5 Å². The van der Waals surface area contributed by atoms with Crippen molar-refractivity contribution in [3.05, 3.63) is 71.7 Å². The van der Waals surface area contributed by atoms with Crippen LogP contribution < -0.4 is 25.4 Å². The first kappa shape index (κ1) is 19.2. The number of amides is 1. The summed E-state index contributed by atoms with van der Waals surface area (Å²) in [6.07, 6.45) is 0. The van der Waals surface area contributed by atoms with Gasteiger partial charge in [-0.05, 0) is 23.6 Å². The molecule has 0 unspecified atom stereocenters. The summed E-state index contributed by atoms with van der Waals surface area (Å²) in [4.78, 5) is 16.8. The number of aromatic nitrogens is 1. The van der Waals surface area contributed by atoms with Gasteiger partial charge < -0.3 is 25.4 Å². The predicted octanol–water partition coefficient (Wildman–Crippen LogP) is 4.61. The van der Waals surface area contributed by atoms with E-state index in [1.54, 1.807) is 5.38 Å². The number of carbonyl (C=O) groups is 1. The highest BCUT2D eigenvalue weighted by Crippen LogP contribution is 2.35. The lowest BCUT2D eigenvalue weighted by Gasteiger charge is -2.10. The van der Waals surface area contributed by atoms with E-state index in [2.05, 4.69) is 39.1 Å². The van der Waals surface area contributed by atoms with Crippen molar-refractivity contribution in [2.24, 2.45) is 0 Å². The van der Waals surface area contributed by atoms with Gasteiger partial charge in [0.2, 0.25) is 6.79 Å². The molecule has 3 N–H and O–H groups in total. The minimum absolute atomic E-state index is 0.199. The zero-order chi connectivity index (χ0) is 21.0. The molecule has 5 rings (SSSR count). The van der Waals surface area contributed by atoms with Crippen LogP contribution in [-0.4, -0.2) is 30.8 Å². The molecule has 1 aromatic heterocycles. The third-order valence-corrected chi connectivity index (χ3v) is 5.63. The zero-order valence-corrected chi connectivity index (χ0v) is 17.4. The van der Waals surface area contributed by atoms with Crippen LogP contribution >= 0.6 is 11.3 Å². The Kier molecular flexibility index (Phi) is 5.28. The first-order chi connectivity index (χ1) is 15.3. The molecule has 1 amide bonds. The molecule has 0 spiro atoms. The average molecular weight is 433 g/mol. The van der Waals surface area contributed by atoms with Crippen LogP contribution in [0.5, 0.6) is 11.5 Å². The van der Waals surface area contributed by atoms with Crippen LogP contribution in [0.15, 0.2) is 66.0 Å². The first-order valence-electron chi connectivity index (χ1n) is 9.88. The lowest BCUT2D eigenvalue weighted by molar-refractivity contribution is 0.0951. The topological polar surface area (TPSA) is 84.5 Å². The molecule has 156 valence electrons. The molecule has 0 atom stereocenters. The SMILES string of the molecule is O=C(NCCNc1cccc2ccccc12)c1csc(Nc2ccc3c(c2)OCO3)n1. The quantitative estimate of drug-likeness (QED) is 0.370. The molecule has 1 aliphatic heterocycles. The number of nitrogens with zero attached hydrogens (tertiary/aromatic N) is 1. The molecule has 0 saturated heterocycles.